The maximum absolute atomic E-state index is 12.5. The summed E-state index contributed by atoms with van der Waals surface area (Å²) in [5.74, 6) is 0.186. The molecule has 0 aliphatic heterocycles. The number of carbonyl (C=O) groups is 2. The van der Waals surface area contributed by atoms with E-state index in [1.54, 1.807) is 47.8 Å². The molecule has 0 fully saturated rings. The normalized spacial score (nSPS) is 10.2. The highest BCUT2D eigenvalue weighted by Gasteiger charge is 2.15. The number of halogens is 1. The van der Waals surface area contributed by atoms with Gasteiger partial charge in [-0.05, 0) is 30.3 Å². The first-order chi connectivity index (χ1) is 13.5. The molecule has 9 heteroatoms. The number of anilines is 2. The number of rotatable bonds is 6. The van der Waals surface area contributed by atoms with Crippen LogP contribution in [0, 0.1) is 0 Å². The minimum absolute atomic E-state index is 0.184. The van der Waals surface area contributed by atoms with Crippen LogP contribution in [0.4, 0.5) is 10.8 Å². The summed E-state index contributed by atoms with van der Waals surface area (Å²) >= 11 is 7.05. The van der Waals surface area contributed by atoms with E-state index in [1.165, 1.54) is 14.2 Å². The van der Waals surface area contributed by atoms with Gasteiger partial charge in [-0.25, -0.2) is 4.98 Å². The van der Waals surface area contributed by atoms with E-state index in [2.05, 4.69) is 15.6 Å². The van der Waals surface area contributed by atoms with Gasteiger partial charge in [-0.1, -0.05) is 17.7 Å². The van der Waals surface area contributed by atoms with Gasteiger partial charge in [0.05, 0.1) is 14.2 Å². The van der Waals surface area contributed by atoms with Gasteiger partial charge in [-0.2, -0.15) is 0 Å². The number of nitrogens with one attached hydrogen (secondary N) is 2. The first-order valence-electron chi connectivity index (χ1n) is 8.05. The number of nitrogens with zero attached hydrogens (tertiary/aromatic N) is 1. The molecule has 0 saturated carbocycles. The molecule has 2 aromatic carbocycles. The highest BCUT2D eigenvalue weighted by Crippen LogP contribution is 2.24. The molecule has 0 atom stereocenters. The lowest BCUT2D eigenvalue weighted by Gasteiger charge is -2.08. The van der Waals surface area contributed by atoms with Gasteiger partial charge in [0.15, 0.2) is 5.13 Å². The molecule has 3 rings (SSSR count). The number of hydrogen-bond acceptors (Lipinski definition) is 6. The minimum atomic E-state index is -0.401. The van der Waals surface area contributed by atoms with Crippen LogP contribution < -0.4 is 20.1 Å². The van der Waals surface area contributed by atoms with Crippen LogP contribution >= 0.6 is 22.9 Å². The number of methoxy groups -OCH3 is 2. The Labute approximate surface area is 170 Å². The molecule has 2 amide bonds. The fraction of sp³-hybridized carbons (Fsp3) is 0.105. The predicted octanol–water partition coefficient (Wildman–Crippen LogP) is 4.32. The Kier molecular flexibility index (Phi) is 6.13. The number of amides is 2. The van der Waals surface area contributed by atoms with E-state index in [-0.39, 0.29) is 5.69 Å². The monoisotopic (exact) mass is 417 g/mol. The van der Waals surface area contributed by atoms with E-state index in [4.69, 9.17) is 21.1 Å². The number of ether oxygens (including phenoxy) is 2. The molecule has 0 bridgehead atoms. The number of benzene rings is 2. The van der Waals surface area contributed by atoms with Crippen LogP contribution in [0.15, 0.2) is 47.8 Å². The topological polar surface area (TPSA) is 89.6 Å². The lowest BCUT2D eigenvalue weighted by atomic mass is 10.2. The first kappa shape index (κ1) is 19.7. The van der Waals surface area contributed by atoms with E-state index in [1.807, 2.05) is 0 Å². The molecule has 1 heterocycles. The lowest BCUT2D eigenvalue weighted by Crippen LogP contribution is -2.14. The molecule has 0 aliphatic carbocycles. The van der Waals surface area contributed by atoms with Crippen LogP contribution in [0.3, 0.4) is 0 Å². The zero-order chi connectivity index (χ0) is 20.1. The van der Waals surface area contributed by atoms with Crippen LogP contribution in [-0.4, -0.2) is 31.0 Å². The van der Waals surface area contributed by atoms with E-state index in [9.17, 15) is 9.59 Å². The Morgan fingerprint density at radius 1 is 1.00 bits per heavy atom. The van der Waals surface area contributed by atoms with Gasteiger partial charge in [0.25, 0.3) is 11.8 Å². The molecule has 0 saturated heterocycles. The van der Waals surface area contributed by atoms with Crippen molar-refractivity contribution in [1.82, 2.24) is 4.98 Å². The summed E-state index contributed by atoms with van der Waals surface area (Å²) in [6, 6.07) is 11.6. The molecular formula is C19H16ClN3O4S. The van der Waals surface area contributed by atoms with E-state index in [0.717, 1.165) is 11.3 Å². The third-order valence-corrected chi connectivity index (χ3v) is 4.65. The third kappa shape index (κ3) is 4.79. The van der Waals surface area contributed by atoms with Crippen molar-refractivity contribution in [3.63, 3.8) is 0 Å². The van der Waals surface area contributed by atoms with Gasteiger partial charge in [-0.15, -0.1) is 11.3 Å². The number of carbonyl (C=O) groups excluding carboxylic acids is 2. The maximum atomic E-state index is 12.5. The molecule has 144 valence electrons. The maximum Gasteiger partial charge on any atom is 0.275 e. The van der Waals surface area contributed by atoms with Gasteiger partial charge in [-0.3, -0.25) is 14.9 Å². The fourth-order valence-corrected chi connectivity index (χ4v) is 3.18. The molecule has 1 aromatic heterocycles. The second-order valence-corrected chi connectivity index (χ2v) is 6.85. The summed E-state index contributed by atoms with van der Waals surface area (Å²) in [7, 11) is 3.00. The molecule has 2 N–H and O–H groups in total. The summed E-state index contributed by atoms with van der Waals surface area (Å²) in [5, 5.41) is 7.73. The Balaban J connectivity index is 1.70. The summed E-state index contributed by atoms with van der Waals surface area (Å²) in [5.41, 5.74) is 1.08. The van der Waals surface area contributed by atoms with Gasteiger partial charge < -0.3 is 14.8 Å². The van der Waals surface area contributed by atoms with Crippen molar-refractivity contribution in [3.8, 4) is 11.5 Å². The molecule has 3 aromatic rings. The van der Waals surface area contributed by atoms with Crippen LogP contribution in [0.25, 0.3) is 0 Å². The first-order valence-corrected chi connectivity index (χ1v) is 9.31. The number of thiazole rings is 1. The van der Waals surface area contributed by atoms with Crippen molar-refractivity contribution in [2.24, 2.45) is 0 Å². The highest BCUT2D eigenvalue weighted by molar-refractivity contribution is 7.14. The van der Waals surface area contributed by atoms with Crippen LogP contribution in [0.1, 0.15) is 20.8 Å². The zero-order valence-corrected chi connectivity index (χ0v) is 16.6. The highest BCUT2D eigenvalue weighted by atomic mass is 35.5. The average Bonchev–Trinajstić information content (AvgIpc) is 3.16. The quantitative estimate of drug-likeness (QED) is 0.623. The molecule has 7 nitrogen and oxygen atoms in total. The Hall–Kier alpha value is -3.10. The SMILES string of the molecule is COc1cc(OC)cc(C(=O)Nc2nc(C(=O)Nc3cccc(Cl)c3)cs2)c1. The second-order valence-electron chi connectivity index (χ2n) is 5.56. The van der Waals surface area contributed by atoms with Crippen LogP contribution in [-0.2, 0) is 0 Å². The van der Waals surface area contributed by atoms with Crippen molar-refractivity contribution in [2.45, 2.75) is 0 Å². The smallest absolute Gasteiger partial charge is 0.275 e. The molecule has 28 heavy (non-hydrogen) atoms. The van der Waals surface area contributed by atoms with Gasteiger partial charge in [0, 0.05) is 27.7 Å². The van der Waals surface area contributed by atoms with Crippen molar-refractivity contribution in [3.05, 3.63) is 64.1 Å². The van der Waals surface area contributed by atoms with Crippen molar-refractivity contribution in [2.75, 3.05) is 24.9 Å². The van der Waals surface area contributed by atoms with Gasteiger partial charge >= 0.3 is 0 Å². The van der Waals surface area contributed by atoms with Crippen molar-refractivity contribution < 1.29 is 19.1 Å². The third-order valence-electron chi connectivity index (χ3n) is 3.65. The average molecular weight is 418 g/mol. The second kappa shape index (κ2) is 8.73. The summed E-state index contributed by atoms with van der Waals surface area (Å²) < 4.78 is 10.3. The number of aromatic nitrogens is 1. The summed E-state index contributed by atoms with van der Waals surface area (Å²) in [6.45, 7) is 0. The van der Waals surface area contributed by atoms with Gasteiger partial charge in [0.2, 0.25) is 0 Å². The Bertz CT molecular complexity index is 1000. The fourth-order valence-electron chi connectivity index (χ4n) is 2.30. The molecule has 0 unspecified atom stereocenters. The largest absolute Gasteiger partial charge is 0.497 e. The molecule has 0 aliphatic rings. The predicted molar refractivity (Wildman–Crippen MR) is 109 cm³/mol. The van der Waals surface area contributed by atoms with E-state index in [0.29, 0.717) is 32.9 Å². The Morgan fingerprint density at radius 3 is 2.36 bits per heavy atom. The van der Waals surface area contributed by atoms with Crippen LogP contribution in [0.5, 0.6) is 11.5 Å². The zero-order valence-electron chi connectivity index (χ0n) is 15.0. The number of hydrogen-bond donors (Lipinski definition) is 2. The molecular weight excluding hydrogens is 402 g/mol. The minimum Gasteiger partial charge on any atom is -0.497 e. The van der Waals surface area contributed by atoms with E-state index < -0.39 is 11.8 Å². The summed E-state index contributed by atoms with van der Waals surface area (Å²) in [6.07, 6.45) is 0. The van der Waals surface area contributed by atoms with Gasteiger partial charge in [0.1, 0.15) is 17.2 Å². The van der Waals surface area contributed by atoms with Crippen molar-refractivity contribution >= 4 is 45.6 Å². The van der Waals surface area contributed by atoms with E-state index >= 15 is 0 Å². The standard InChI is InChI=1S/C19H16ClN3O4S/c1-26-14-6-11(7-15(9-14)27-2)17(24)23-19-22-16(10-28-19)18(25)21-13-5-3-4-12(20)8-13/h3-10H,1-2H3,(H,21,25)(H,22,23,24). The van der Waals surface area contributed by atoms with Crippen LogP contribution in [0.2, 0.25) is 5.02 Å². The molecule has 0 spiro atoms. The van der Waals surface area contributed by atoms with Crippen molar-refractivity contribution in [1.29, 1.82) is 0 Å². The lowest BCUT2D eigenvalue weighted by molar-refractivity contribution is 0.101. The Morgan fingerprint density at radius 2 is 1.71 bits per heavy atom. The summed E-state index contributed by atoms with van der Waals surface area (Å²) in [4.78, 5) is 29.0. The molecule has 0 radical (unpaired) electrons.